The monoisotopic (exact) mass is 1080 g/mol. The average Bonchev–Trinajstić information content (AvgIpc) is 4.11. The molecule has 0 unspecified atom stereocenters. The zero-order valence-electron chi connectivity index (χ0n) is 43.4. The molecule has 4 aliphatic rings. The number of carbonyl (C=O) groups excluding carboxylic acids is 6. The summed E-state index contributed by atoms with van der Waals surface area (Å²) >= 11 is 0. The number of fused-ring (bicyclic) bond motifs is 3. The Hall–Kier alpha value is -9.52. The van der Waals surface area contributed by atoms with Crippen molar-refractivity contribution in [3.8, 4) is 17.6 Å². The molecule has 0 radical (unpaired) electrons. The summed E-state index contributed by atoms with van der Waals surface area (Å²) in [5.74, 6) is -0.758. The maximum absolute atomic E-state index is 16.9. The minimum atomic E-state index is -2.29. The van der Waals surface area contributed by atoms with Gasteiger partial charge in [-0.3, -0.25) is 39.0 Å². The van der Waals surface area contributed by atoms with Gasteiger partial charge in [0.2, 0.25) is 17.8 Å². The first kappa shape index (κ1) is 53.9. The van der Waals surface area contributed by atoms with Gasteiger partial charge >= 0.3 is 24.0 Å². The summed E-state index contributed by atoms with van der Waals surface area (Å²) in [6.45, 7) is -0.325. The number of carbonyl (C=O) groups is 6. The molecule has 1 spiro atoms. The third-order valence-electron chi connectivity index (χ3n) is 14.9. The van der Waals surface area contributed by atoms with Crippen LogP contribution in [0.3, 0.4) is 0 Å². The Morgan fingerprint density at radius 1 is 0.812 bits per heavy atom. The number of cyclic esters (lactones) is 1. The van der Waals surface area contributed by atoms with Crippen molar-refractivity contribution in [1.29, 1.82) is 0 Å². The van der Waals surface area contributed by atoms with Crippen LogP contribution in [0.25, 0.3) is 0 Å². The van der Waals surface area contributed by atoms with Crippen molar-refractivity contribution in [2.24, 2.45) is 11.8 Å². The number of ether oxygens (including phenoxy) is 5. The number of aromatic nitrogens is 2. The number of esters is 3. The van der Waals surface area contributed by atoms with Crippen LogP contribution in [-0.4, -0.2) is 125 Å². The summed E-state index contributed by atoms with van der Waals surface area (Å²) in [4.78, 5) is 116. The van der Waals surface area contributed by atoms with Gasteiger partial charge in [-0.15, -0.1) is 0 Å². The maximum Gasteiger partial charge on any atom is 0.421 e. The Kier molecular flexibility index (Phi) is 15.6. The molecule has 4 aliphatic heterocycles. The predicted octanol–water partition coefficient (Wildman–Crippen LogP) is 5.81. The second-order valence-corrected chi connectivity index (χ2v) is 19.2. The van der Waals surface area contributed by atoms with Gasteiger partial charge in [0, 0.05) is 68.3 Å². The molecular weight excluding hydrogens is 1030 g/mol. The zero-order valence-corrected chi connectivity index (χ0v) is 43.4. The third kappa shape index (κ3) is 9.90. The van der Waals surface area contributed by atoms with Crippen LogP contribution in [0.1, 0.15) is 58.0 Å². The normalized spacial score (nSPS) is 21.2. The molecule has 0 saturated carbocycles. The van der Waals surface area contributed by atoms with Crippen LogP contribution in [0.2, 0.25) is 0 Å². The van der Waals surface area contributed by atoms with Gasteiger partial charge < -0.3 is 38.6 Å². The van der Waals surface area contributed by atoms with Gasteiger partial charge in [0.25, 0.3) is 5.69 Å². The molecule has 5 heterocycles. The van der Waals surface area contributed by atoms with E-state index in [0.717, 1.165) is 19.1 Å². The molecule has 6 aromatic rings. The van der Waals surface area contributed by atoms with Gasteiger partial charge in [0.1, 0.15) is 36.5 Å². The highest BCUT2D eigenvalue weighted by molar-refractivity contribution is 6.23. The van der Waals surface area contributed by atoms with Crippen LogP contribution in [-0.2, 0) is 54.9 Å². The first-order valence-electron chi connectivity index (χ1n) is 25.7. The fourth-order valence-corrected chi connectivity index (χ4v) is 11.4. The van der Waals surface area contributed by atoms with E-state index in [-0.39, 0.29) is 67.5 Å². The summed E-state index contributed by atoms with van der Waals surface area (Å²) in [7, 11) is 2.25. The molecule has 80 heavy (non-hydrogen) atoms. The van der Waals surface area contributed by atoms with Crippen molar-refractivity contribution in [2.45, 2.75) is 42.7 Å². The fraction of sp³-hybridized carbons (Fsp3) is 0.288. The van der Waals surface area contributed by atoms with Crippen LogP contribution in [0.15, 0.2) is 146 Å². The van der Waals surface area contributed by atoms with Crippen LogP contribution < -0.4 is 14.5 Å². The highest BCUT2D eigenvalue weighted by atomic mass is 16.6. The lowest BCUT2D eigenvalue weighted by Gasteiger charge is -2.46. The number of morpholine rings is 1. The number of non-ortho nitro benzene ring substituents is 1. The van der Waals surface area contributed by atoms with Gasteiger partial charge in [-0.05, 0) is 64.7 Å². The SMILES string of the molecule is COC(=O)C(CC#Cc1ccc2c(c1)[C@]1(C(=O)N2C(=O)OCc2ccc([N+](=O)[O-])cc2)[C@H](c2ccccc2OCCO)N2[C@H](c3ccccc3)[C@H](c3ccccc3)OC(=O)[C@H]2[C@@H]1C(=O)N1CCN(c2ncccn2)CC1)C(=O)OC. The van der Waals surface area contributed by atoms with Crippen LogP contribution in [0, 0.1) is 33.8 Å². The first-order valence-corrected chi connectivity index (χ1v) is 25.7. The van der Waals surface area contributed by atoms with E-state index in [1.807, 2.05) is 70.5 Å². The van der Waals surface area contributed by atoms with Crippen molar-refractivity contribution in [1.82, 2.24) is 19.8 Å². The lowest BCUT2D eigenvalue weighted by atomic mass is 9.64. The van der Waals surface area contributed by atoms with E-state index >= 15 is 19.2 Å². The Morgan fingerprint density at radius 3 is 2.11 bits per heavy atom. The number of aliphatic hydroxyl groups excluding tert-OH is 1. The number of imide groups is 1. The zero-order chi connectivity index (χ0) is 56.1. The summed E-state index contributed by atoms with van der Waals surface area (Å²) in [6, 6.07) is 32.7. The number of hydrogen-bond acceptors (Lipinski definition) is 18. The first-order chi connectivity index (χ1) is 38.9. The predicted molar refractivity (Wildman–Crippen MR) is 284 cm³/mol. The molecular formula is C59H53N7O14. The lowest BCUT2D eigenvalue weighted by molar-refractivity contribution is -0.384. The van der Waals surface area contributed by atoms with Crippen molar-refractivity contribution in [3.63, 3.8) is 0 Å². The maximum atomic E-state index is 16.9. The molecule has 3 amide bonds. The van der Waals surface area contributed by atoms with Crippen LogP contribution >= 0.6 is 0 Å². The molecule has 1 aromatic heterocycles. The molecule has 6 atom stereocenters. The van der Waals surface area contributed by atoms with Crippen molar-refractivity contribution < 1.29 is 62.5 Å². The molecule has 10 rings (SSSR count). The minimum absolute atomic E-state index is 0.0251. The van der Waals surface area contributed by atoms with E-state index in [1.165, 1.54) is 36.4 Å². The summed E-state index contributed by atoms with van der Waals surface area (Å²) < 4.78 is 28.6. The molecule has 0 aliphatic carbocycles. The Morgan fingerprint density at radius 2 is 1.46 bits per heavy atom. The molecule has 0 bridgehead atoms. The summed E-state index contributed by atoms with van der Waals surface area (Å²) in [6.07, 6.45) is 0.651. The highest BCUT2D eigenvalue weighted by Gasteiger charge is 2.76. The topological polar surface area (TPSA) is 251 Å². The van der Waals surface area contributed by atoms with Crippen molar-refractivity contribution in [3.05, 3.63) is 189 Å². The number of nitro benzene ring substituents is 1. The molecule has 3 saturated heterocycles. The quantitative estimate of drug-likeness (QED) is 0.0337. The highest BCUT2D eigenvalue weighted by Crippen LogP contribution is 2.67. The van der Waals surface area contributed by atoms with E-state index in [1.54, 1.807) is 53.7 Å². The van der Waals surface area contributed by atoms with Gasteiger partial charge in [-0.1, -0.05) is 90.7 Å². The van der Waals surface area contributed by atoms with Gasteiger partial charge in [0.05, 0.1) is 49.4 Å². The number of piperazine rings is 1. The van der Waals surface area contributed by atoms with E-state index in [2.05, 4.69) is 21.8 Å². The number of para-hydroxylation sites is 1. The Balaban J connectivity index is 1.23. The molecule has 21 heteroatoms. The second kappa shape index (κ2) is 23.2. The fourth-order valence-electron chi connectivity index (χ4n) is 11.4. The smallest absolute Gasteiger partial charge is 0.421 e. The van der Waals surface area contributed by atoms with Gasteiger partial charge in [-0.2, -0.15) is 0 Å². The number of amides is 3. The largest absolute Gasteiger partial charge is 0.491 e. The Labute approximate surface area is 458 Å². The number of anilines is 2. The standard InChI is InChI=1S/C59H53N7O14/c1-76-53(69)43(54(70)77-2)19-11-13-37-23-26-45-44(35-37)59(56(72)64(45)58(73)79-36-38-21-24-41(25-22-38)66(74)75)47(52(68)62-29-31-63(32-30-62)57-60-27-12-28-61-57)49-55(71)80-50(40-16-7-4-8-17-40)48(39-14-5-3-6-15-39)65(49)51(59)42-18-9-10-20-46(42)78-34-33-67/h3-10,12,14-18,20-28,35,43,47-51,67H,19,29-34,36H2,1-2H3/t47-,48-,49-,50+,51+,59-/m1/s1. The number of methoxy groups -OCH3 is 2. The van der Waals surface area contributed by atoms with E-state index in [0.29, 0.717) is 28.2 Å². The summed E-state index contributed by atoms with van der Waals surface area (Å²) in [5, 5.41) is 21.7. The van der Waals surface area contributed by atoms with Gasteiger partial charge in [0.15, 0.2) is 5.92 Å². The third-order valence-corrected chi connectivity index (χ3v) is 14.9. The number of hydrogen-bond donors (Lipinski definition) is 1. The number of aliphatic hydroxyl groups is 1. The average molecular weight is 1080 g/mol. The second-order valence-electron chi connectivity index (χ2n) is 19.2. The number of benzene rings is 5. The van der Waals surface area contributed by atoms with E-state index < -0.39 is 95.4 Å². The molecule has 1 N–H and O–H groups in total. The molecule has 5 aromatic carbocycles. The number of rotatable bonds is 14. The number of nitro groups is 1. The summed E-state index contributed by atoms with van der Waals surface area (Å²) in [5.41, 5.74) is -0.308. The molecule has 21 nitrogen and oxygen atoms in total. The van der Waals surface area contributed by atoms with Crippen LogP contribution in [0.4, 0.5) is 22.1 Å². The molecule has 3 fully saturated rings. The van der Waals surface area contributed by atoms with E-state index in [4.69, 9.17) is 23.7 Å². The van der Waals surface area contributed by atoms with Crippen molar-refractivity contribution in [2.75, 3.05) is 63.4 Å². The van der Waals surface area contributed by atoms with Crippen LogP contribution in [0.5, 0.6) is 5.75 Å². The van der Waals surface area contributed by atoms with Crippen molar-refractivity contribution >= 4 is 53.1 Å². The van der Waals surface area contributed by atoms with Gasteiger partial charge in [-0.25, -0.2) is 19.7 Å². The minimum Gasteiger partial charge on any atom is -0.491 e. The lowest BCUT2D eigenvalue weighted by Crippen LogP contribution is -2.59. The van der Waals surface area contributed by atoms with E-state index in [9.17, 15) is 24.8 Å². The Bertz CT molecular complexity index is 3370. The number of nitrogens with zero attached hydrogens (tertiary/aromatic N) is 7. The molecule has 408 valence electrons.